The van der Waals surface area contributed by atoms with Crippen molar-refractivity contribution in [2.24, 2.45) is 0 Å². The van der Waals surface area contributed by atoms with Crippen LogP contribution in [0.5, 0.6) is 0 Å². The lowest BCUT2D eigenvalue weighted by Crippen LogP contribution is -1.89. The van der Waals surface area contributed by atoms with Gasteiger partial charge in [0.15, 0.2) is 0 Å². The molecule has 0 atom stereocenters. The number of aromatic nitrogens is 1. The van der Waals surface area contributed by atoms with Crippen molar-refractivity contribution in [2.75, 3.05) is 0 Å². The minimum Gasteiger partial charge on any atom is -0.477 e. The normalized spacial score (nSPS) is 10.4. The minimum absolute atomic E-state index is 0.260. The number of aryl methyl sites for hydroxylation is 1. The first kappa shape index (κ1) is 11.3. The predicted octanol–water partition coefficient (Wildman–Crippen LogP) is 3.58. The molecule has 0 unspecified atom stereocenters. The molecule has 1 aromatic carbocycles. The highest BCUT2D eigenvalue weighted by molar-refractivity contribution is 9.10. The van der Waals surface area contributed by atoms with E-state index in [1.807, 2.05) is 25.1 Å². The van der Waals surface area contributed by atoms with E-state index in [9.17, 15) is 4.79 Å². The number of hydrogen-bond donors (Lipinski definition) is 1. The highest BCUT2D eigenvalue weighted by atomic mass is 79.9. The number of carbonyl (C=O) groups is 1. The second-order valence-corrected chi connectivity index (χ2v) is 5.18. The van der Waals surface area contributed by atoms with Crippen LogP contribution in [-0.2, 0) is 0 Å². The molecule has 2 aromatic rings. The molecule has 0 fully saturated rings. The van der Waals surface area contributed by atoms with Crippen LogP contribution in [0.1, 0.15) is 15.2 Å². The molecule has 1 N–H and O–H groups in total. The van der Waals surface area contributed by atoms with Crippen LogP contribution in [0.25, 0.3) is 10.6 Å². The van der Waals surface area contributed by atoms with E-state index in [1.165, 1.54) is 17.5 Å². The molecule has 3 nitrogen and oxygen atoms in total. The predicted molar refractivity (Wildman–Crippen MR) is 66.9 cm³/mol. The summed E-state index contributed by atoms with van der Waals surface area (Å²) in [4.78, 5) is 15.1. The van der Waals surface area contributed by atoms with Crippen LogP contribution in [0.4, 0.5) is 0 Å². The van der Waals surface area contributed by atoms with Crippen LogP contribution in [0, 0.1) is 6.92 Å². The molecule has 1 heterocycles. The molecule has 0 radical (unpaired) electrons. The number of carboxylic acids is 1. The van der Waals surface area contributed by atoms with Gasteiger partial charge in [-0.1, -0.05) is 22.0 Å². The van der Waals surface area contributed by atoms with E-state index in [2.05, 4.69) is 20.9 Å². The molecule has 0 aliphatic rings. The van der Waals surface area contributed by atoms with E-state index < -0.39 is 5.97 Å². The van der Waals surface area contributed by atoms with E-state index in [0.717, 1.165) is 20.6 Å². The van der Waals surface area contributed by atoms with Crippen LogP contribution in [0.2, 0.25) is 0 Å². The zero-order valence-electron chi connectivity index (χ0n) is 8.40. The van der Waals surface area contributed by atoms with Crippen LogP contribution >= 0.6 is 27.3 Å². The molecule has 0 aliphatic heterocycles. The largest absolute Gasteiger partial charge is 0.477 e. The minimum atomic E-state index is -0.933. The lowest BCUT2D eigenvalue weighted by atomic mass is 10.1. The van der Waals surface area contributed by atoms with Crippen molar-refractivity contribution >= 4 is 33.2 Å². The smallest absolute Gasteiger partial charge is 0.347 e. The standard InChI is InChI=1S/C11H8BrNO2S/c1-6-4-7(2-3-8(6)12)10-13-5-9(16-10)11(14)15/h2-5H,1H3,(H,14,15). The average Bonchev–Trinajstić information content (AvgIpc) is 2.71. The third-order valence-corrected chi connectivity index (χ3v) is 4.05. The van der Waals surface area contributed by atoms with Crippen LogP contribution in [0.3, 0.4) is 0 Å². The van der Waals surface area contributed by atoms with Gasteiger partial charge in [0.25, 0.3) is 0 Å². The van der Waals surface area contributed by atoms with Gasteiger partial charge >= 0.3 is 5.97 Å². The number of nitrogens with zero attached hydrogens (tertiary/aromatic N) is 1. The van der Waals surface area contributed by atoms with Crippen LogP contribution in [-0.4, -0.2) is 16.1 Å². The van der Waals surface area contributed by atoms with Gasteiger partial charge in [-0.3, -0.25) is 0 Å². The zero-order valence-corrected chi connectivity index (χ0v) is 10.8. The number of aromatic carboxylic acids is 1. The molecular weight excluding hydrogens is 290 g/mol. The molecular formula is C11H8BrNO2S. The van der Waals surface area contributed by atoms with E-state index in [1.54, 1.807) is 0 Å². The SMILES string of the molecule is Cc1cc(-c2ncc(C(=O)O)s2)ccc1Br. The molecule has 2 rings (SSSR count). The molecule has 82 valence electrons. The van der Waals surface area contributed by atoms with Gasteiger partial charge in [-0.2, -0.15) is 0 Å². The first-order valence-corrected chi connectivity index (χ1v) is 6.14. The first-order valence-electron chi connectivity index (χ1n) is 4.53. The maximum absolute atomic E-state index is 10.7. The molecule has 0 amide bonds. The lowest BCUT2D eigenvalue weighted by molar-refractivity contribution is 0.0702. The molecule has 5 heteroatoms. The maximum Gasteiger partial charge on any atom is 0.347 e. The third kappa shape index (κ3) is 2.15. The Morgan fingerprint density at radius 3 is 2.81 bits per heavy atom. The molecule has 0 saturated carbocycles. The van der Waals surface area contributed by atoms with E-state index in [-0.39, 0.29) is 4.88 Å². The number of carboxylic acid groups (broad SMARTS) is 1. The van der Waals surface area contributed by atoms with Gasteiger partial charge in [-0.05, 0) is 24.6 Å². The van der Waals surface area contributed by atoms with Crippen LogP contribution in [0.15, 0.2) is 28.9 Å². The summed E-state index contributed by atoms with van der Waals surface area (Å²) in [5.74, 6) is -0.933. The van der Waals surface area contributed by atoms with E-state index in [0.29, 0.717) is 0 Å². The maximum atomic E-state index is 10.7. The number of thiazole rings is 1. The van der Waals surface area contributed by atoms with Crippen molar-refractivity contribution in [3.8, 4) is 10.6 Å². The molecule has 0 bridgehead atoms. The fourth-order valence-corrected chi connectivity index (χ4v) is 2.28. The van der Waals surface area contributed by atoms with Crippen molar-refractivity contribution in [3.63, 3.8) is 0 Å². The lowest BCUT2D eigenvalue weighted by Gasteiger charge is -2.00. The third-order valence-electron chi connectivity index (χ3n) is 2.12. The second-order valence-electron chi connectivity index (χ2n) is 3.30. The Morgan fingerprint density at radius 2 is 2.25 bits per heavy atom. The highest BCUT2D eigenvalue weighted by Crippen LogP contribution is 2.28. The summed E-state index contributed by atoms with van der Waals surface area (Å²) in [6, 6.07) is 5.84. The highest BCUT2D eigenvalue weighted by Gasteiger charge is 2.10. The Kier molecular flexibility index (Phi) is 3.07. The van der Waals surface area contributed by atoms with Crippen molar-refractivity contribution in [3.05, 3.63) is 39.3 Å². The Hall–Kier alpha value is -1.20. The number of benzene rings is 1. The first-order chi connectivity index (χ1) is 7.58. The molecule has 0 aliphatic carbocycles. The fraction of sp³-hybridized carbons (Fsp3) is 0.0909. The second kappa shape index (κ2) is 4.35. The van der Waals surface area contributed by atoms with Gasteiger partial charge in [0, 0.05) is 10.0 Å². The van der Waals surface area contributed by atoms with E-state index in [4.69, 9.17) is 5.11 Å². The van der Waals surface area contributed by atoms with Crippen molar-refractivity contribution in [1.82, 2.24) is 4.98 Å². The summed E-state index contributed by atoms with van der Waals surface area (Å²) in [6.07, 6.45) is 1.39. The Bertz CT molecular complexity index is 551. The average molecular weight is 298 g/mol. The quantitative estimate of drug-likeness (QED) is 0.922. The van der Waals surface area contributed by atoms with Crippen molar-refractivity contribution in [2.45, 2.75) is 6.92 Å². The van der Waals surface area contributed by atoms with Gasteiger partial charge in [-0.25, -0.2) is 9.78 Å². The topological polar surface area (TPSA) is 50.2 Å². The van der Waals surface area contributed by atoms with Gasteiger partial charge < -0.3 is 5.11 Å². The summed E-state index contributed by atoms with van der Waals surface area (Å²) in [6.45, 7) is 1.99. The zero-order chi connectivity index (χ0) is 11.7. The van der Waals surface area contributed by atoms with Crippen molar-refractivity contribution in [1.29, 1.82) is 0 Å². The van der Waals surface area contributed by atoms with E-state index >= 15 is 0 Å². The van der Waals surface area contributed by atoms with Crippen molar-refractivity contribution < 1.29 is 9.90 Å². The summed E-state index contributed by atoms with van der Waals surface area (Å²) < 4.78 is 1.03. The summed E-state index contributed by atoms with van der Waals surface area (Å²) in [5.41, 5.74) is 2.04. The molecule has 0 spiro atoms. The molecule has 16 heavy (non-hydrogen) atoms. The molecule has 1 aromatic heterocycles. The van der Waals surface area contributed by atoms with Gasteiger partial charge in [0.05, 0.1) is 6.20 Å². The fourth-order valence-electron chi connectivity index (χ4n) is 1.28. The summed E-state index contributed by atoms with van der Waals surface area (Å²) in [5, 5.41) is 9.54. The number of hydrogen-bond acceptors (Lipinski definition) is 3. The monoisotopic (exact) mass is 297 g/mol. The Labute approximate surface area is 105 Å². The number of rotatable bonds is 2. The van der Waals surface area contributed by atoms with Gasteiger partial charge in [0.1, 0.15) is 9.88 Å². The van der Waals surface area contributed by atoms with Gasteiger partial charge in [-0.15, -0.1) is 11.3 Å². The van der Waals surface area contributed by atoms with Gasteiger partial charge in [0.2, 0.25) is 0 Å². The number of halogens is 1. The molecule has 0 saturated heterocycles. The van der Waals surface area contributed by atoms with Crippen LogP contribution < -0.4 is 0 Å². The summed E-state index contributed by atoms with van der Waals surface area (Å²) >= 11 is 4.60. The Balaban J connectivity index is 2.42. The summed E-state index contributed by atoms with van der Waals surface area (Å²) in [7, 11) is 0. The Morgan fingerprint density at radius 1 is 1.50 bits per heavy atom.